The second-order valence-corrected chi connectivity index (χ2v) is 5.81. The van der Waals surface area contributed by atoms with Crippen LogP contribution in [0.2, 0.25) is 0 Å². The molecule has 21 heavy (non-hydrogen) atoms. The molecule has 2 aromatic heterocycles. The maximum Gasteiger partial charge on any atom is 0.166 e. The number of hydrogen-bond donors (Lipinski definition) is 2. The zero-order valence-electron chi connectivity index (χ0n) is 12.0. The molecule has 3 aromatic rings. The van der Waals surface area contributed by atoms with Gasteiger partial charge in [-0.25, -0.2) is 4.98 Å². The summed E-state index contributed by atoms with van der Waals surface area (Å²) in [6, 6.07) is 10.3. The summed E-state index contributed by atoms with van der Waals surface area (Å²) in [5.74, 6) is 0.870. The quantitative estimate of drug-likeness (QED) is 0.673. The number of pyridine rings is 1. The lowest BCUT2D eigenvalue weighted by atomic mass is 10.2. The van der Waals surface area contributed by atoms with Gasteiger partial charge in [0.1, 0.15) is 0 Å². The molecule has 0 radical (unpaired) electrons. The zero-order chi connectivity index (χ0) is 14.5. The molecule has 0 saturated heterocycles. The summed E-state index contributed by atoms with van der Waals surface area (Å²) in [5.41, 5.74) is 4.41. The molecule has 2 N–H and O–H groups in total. The molecule has 0 aliphatic rings. The van der Waals surface area contributed by atoms with Crippen molar-refractivity contribution in [1.29, 1.82) is 0 Å². The standard InChI is InChI=1S/C16H18N4S/c1-2-7-18-13-5-6-14-15(9-13)20-16(19-14)21-11-12-4-3-8-17-10-12/h3-6,8-10,18H,2,7,11H2,1H3,(H,19,20). The Kier molecular flexibility index (Phi) is 4.40. The summed E-state index contributed by atoms with van der Waals surface area (Å²) in [6.07, 6.45) is 4.80. The molecule has 0 aliphatic heterocycles. The van der Waals surface area contributed by atoms with Crippen LogP contribution in [0.25, 0.3) is 11.0 Å². The number of nitrogens with zero attached hydrogens (tertiary/aromatic N) is 2. The van der Waals surface area contributed by atoms with E-state index in [0.29, 0.717) is 0 Å². The Balaban J connectivity index is 1.71. The highest BCUT2D eigenvalue weighted by atomic mass is 32.2. The number of aromatic amines is 1. The second-order valence-electron chi connectivity index (χ2n) is 4.85. The summed E-state index contributed by atoms with van der Waals surface area (Å²) in [6.45, 7) is 3.14. The first-order chi connectivity index (χ1) is 10.3. The number of hydrogen-bond acceptors (Lipinski definition) is 4. The van der Waals surface area contributed by atoms with Crippen molar-refractivity contribution in [1.82, 2.24) is 15.0 Å². The Labute approximate surface area is 128 Å². The fraction of sp³-hybridized carbons (Fsp3) is 0.250. The van der Waals surface area contributed by atoms with Crippen LogP contribution in [0.15, 0.2) is 47.9 Å². The molecule has 0 amide bonds. The van der Waals surface area contributed by atoms with Crippen LogP contribution in [0.4, 0.5) is 5.69 Å². The number of imidazole rings is 1. The molecule has 5 heteroatoms. The normalized spacial score (nSPS) is 10.9. The topological polar surface area (TPSA) is 53.6 Å². The first-order valence-electron chi connectivity index (χ1n) is 7.10. The van der Waals surface area contributed by atoms with Crippen LogP contribution >= 0.6 is 11.8 Å². The van der Waals surface area contributed by atoms with Crippen LogP contribution in [0.5, 0.6) is 0 Å². The van der Waals surface area contributed by atoms with Crippen molar-refractivity contribution in [2.24, 2.45) is 0 Å². The highest BCUT2D eigenvalue weighted by Crippen LogP contribution is 2.24. The lowest BCUT2D eigenvalue weighted by Crippen LogP contribution is -1.98. The molecule has 1 aromatic carbocycles. The van der Waals surface area contributed by atoms with Gasteiger partial charge in [0, 0.05) is 30.4 Å². The summed E-state index contributed by atoms with van der Waals surface area (Å²) in [4.78, 5) is 12.1. The van der Waals surface area contributed by atoms with Crippen LogP contribution < -0.4 is 5.32 Å². The maximum absolute atomic E-state index is 4.64. The van der Waals surface area contributed by atoms with E-state index < -0.39 is 0 Å². The minimum absolute atomic E-state index is 0.870. The van der Waals surface area contributed by atoms with Crippen molar-refractivity contribution < 1.29 is 0 Å². The van der Waals surface area contributed by atoms with Gasteiger partial charge in [-0.1, -0.05) is 24.8 Å². The molecule has 0 spiro atoms. The number of thioether (sulfide) groups is 1. The van der Waals surface area contributed by atoms with E-state index in [1.165, 1.54) is 5.56 Å². The first kappa shape index (κ1) is 13.9. The van der Waals surface area contributed by atoms with Crippen LogP contribution in [0.3, 0.4) is 0 Å². The Morgan fingerprint density at radius 1 is 1.29 bits per heavy atom. The number of nitrogens with one attached hydrogen (secondary N) is 2. The van der Waals surface area contributed by atoms with E-state index in [-0.39, 0.29) is 0 Å². The predicted octanol–water partition coefficient (Wildman–Crippen LogP) is 4.07. The van der Waals surface area contributed by atoms with Crippen molar-refractivity contribution in [3.8, 4) is 0 Å². The largest absolute Gasteiger partial charge is 0.385 e. The van der Waals surface area contributed by atoms with Gasteiger partial charge in [-0.15, -0.1) is 0 Å². The molecule has 108 valence electrons. The Bertz CT molecular complexity index is 709. The van der Waals surface area contributed by atoms with E-state index in [2.05, 4.69) is 51.5 Å². The van der Waals surface area contributed by atoms with E-state index in [0.717, 1.165) is 40.6 Å². The van der Waals surface area contributed by atoms with Crippen LogP contribution in [0.1, 0.15) is 18.9 Å². The number of fused-ring (bicyclic) bond motifs is 1. The minimum Gasteiger partial charge on any atom is -0.385 e. The van der Waals surface area contributed by atoms with Gasteiger partial charge in [0.05, 0.1) is 11.0 Å². The van der Waals surface area contributed by atoms with Crippen molar-refractivity contribution in [2.75, 3.05) is 11.9 Å². The summed E-state index contributed by atoms with van der Waals surface area (Å²) in [7, 11) is 0. The fourth-order valence-corrected chi connectivity index (χ4v) is 2.88. The molecule has 2 heterocycles. The van der Waals surface area contributed by atoms with Crippen molar-refractivity contribution in [3.05, 3.63) is 48.3 Å². The third kappa shape index (κ3) is 3.55. The SMILES string of the molecule is CCCNc1ccc2[nH]c(SCc3cccnc3)nc2c1. The minimum atomic E-state index is 0.870. The molecule has 3 rings (SSSR count). The number of aromatic nitrogens is 3. The summed E-state index contributed by atoms with van der Waals surface area (Å²) >= 11 is 1.70. The molecular weight excluding hydrogens is 280 g/mol. The smallest absolute Gasteiger partial charge is 0.166 e. The molecule has 0 bridgehead atoms. The van der Waals surface area contributed by atoms with Gasteiger partial charge >= 0.3 is 0 Å². The molecule has 0 saturated carbocycles. The number of rotatable bonds is 6. The van der Waals surface area contributed by atoms with E-state index in [4.69, 9.17) is 0 Å². The van der Waals surface area contributed by atoms with Crippen LogP contribution in [-0.2, 0) is 5.75 Å². The van der Waals surface area contributed by atoms with E-state index in [1.54, 1.807) is 18.0 Å². The molecule has 0 unspecified atom stereocenters. The number of anilines is 1. The van der Waals surface area contributed by atoms with Crippen molar-refractivity contribution >= 4 is 28.5 Å². The second kappa shape index (κ2) is 6.63. The maximum atomic E-state index is 4.64. The summed E-state index contributed by atoms with van der Waals surface area (Å²) in [5, 5.41) is 4.33. The van der Waals surface area contributed by atoms with Gasteiger partial charge in [-0.05, 0) is 36.2 Å². The highest BCUT2D eigenvalue weighted by Gasteiger charge is 2.05. The van der Waals surface area contributed by atoms with E-state index >= 15 is 0 Å². The molecule has 4 nitrogen and oxygen atoms in total. The van der Waals surface area contributed by atoms with Gasteiger partial charge in [-0.3, -0.25) is 4.98 Å². The third-order valence-corrected chi connectivity index (χ3v) is 4.08. The predicted molar refractivity (Wildman–Crippen MR) is 88.7 cm³/mol. The van der Waals surface area contributed by atoms with Crippen LogP contribution in [-0.4, -0.2) is 21.5 Å². The average Bonchev–Trinajstić information content (AvgIpc) is 2.94. The Hall–Kier alpha value is -2.01. The highest BCUT2D eigenvalue weighted by molar-refractivity contribution is 7.98. The Morgan fingerprint density at radius 3 is 3.05 bits per heavy atom. The fourth-order valence-electron chi connectivity index (χ4n) is 2.07. The van der Waals surface area contributed by atoms with Gasteiger partial charge in [0.15, 0.2) is 5.16 Å². The zero-order valence-corrected chi connectivity index (χ0v) is 12.8. The molecule has 0 atom stereocenters. The summed E-state index contributed by atoms with van der Waals surface area (Å²) < 4.78 is 0. The first-order valence-corrected chi connectivity index (χ1v) is 8.09. The monoisotopic (exact) mass is 298 g/mol. The van der Waals surface area contributed by atoms with Gasteiger partial charge in [-0.2, -0.15) is 0 Å². The van der Waals surface area contributed by atoms with Crippen molar-refractivity contribution in [3.63, 3.8) is 0 Å². The third-order valence-electron chi connectivity index (χ3n) is 3.14. The molecule has 0 fully saturated rings. The van der Waals surface area contributed by atoms with E-state index in [1.807, 2.05) is 12.3 Å². The lowest BCUT2D eigenvalue weighted by molar-refractivity contribution is 0.980. The number of benzene rings is 1. The van der Waals surface area contributed by atoms with Crippen molar-refractivity contribution in [2.45, 2.75) is 24.3 Å². The number of H-pyrrole nitrogens is 1. The van der Waals surface area contributed by atoms with Gasteiger partial charge < -0.3 is 10.3 Å². The molecule has 0 aliphatic carbocycles. The lowest BCUT2D eigenvalue weighted by Gasteiger charge is -2.03. The average molecular weight is 298 g/mol. The van der Waals surface area contributed by atoms with Gasteiger partial charge in [0.25, 0.3) is 0 Å². The van der Waals surface area contributed by atoms with E-state index in [9.17, 15) is 0 Å². The Morgan fingerprint density at radius 2 is 2.24 bits per heavy atom. The molecular formula is C16H18N4S. The van der Waals surface area contributed by atoms with Gasteiger partial charge in [0.2, 0.25) is 0 Å². The van der Waals surface area contributed by atoms with Crippen LogP contribution in [0, 0.1) is 0 Å².